The van der Waals surface area contributed by atoms with Crippen LogP contribution in [0.15, 0.2) is 18.2 Å². The van der Waals surface area contributed by atoms with Gasteiger partial charge in [-0.25, -0.2) is 8.78 Å². The SMILES string of the molecule is COC(=O)CCC(=O)N1CCC[C@H](CCc2c(F)cccc2F)C1. The summed E-state index contributed by atoms with van der Waals surface area (Å²) in [5.41, 5.74) is 0.117. The van der Waals surface area contributed by atoms with E-state index in [1.165, 1.54) is 25.3 Å². The molecule has 2 rings (SSSR count). The summed E-state index contributed by atoms with van der Waals surface area (Å²) in [5, 5.41) is 0. The number of halogens is 2. The zero-order valence-corrected chi connectivity index (χ0v) is 13.9. The summed E-state index contributed by atoms with van der Waals surface area (Å²) in [6.45, 7) is 1.25. The van der Waals surface area contributed by atoms with E-state index in [2.05, 4.69) is 4.74 Å². The van der Waals surface area contributed by atoms with Gasteiger partial charge in [-0.3, -0.25) is 9.59 Å². The maximum atomic E-state index is 13.7. The van der Waals surface area contributed by atoms with Gasteiger partial charge in [0, 0.05) is 25.1 Å². The Morgan fingerprint density at radius 1 is 1.25 bits per heavy atom. The van der Waals surface area contributed by atoms with Gasteiger partial charge in [-0.15, -0.1) is 0 Å². The fourth-order valence-electron chi connectivity index (χ4n) is 3.12. The van der Waals surface area contributed by atoms with Crippen LogP contribution < -0.4 is 0 Å². The van der Waals surface area contributed by atoms with Crippen molar-refractivity contribution in [1.82, 2.24) is 4.90 Å². The molecule has 1 fully saturated rings. The molecular formula is C18H23F2NO3. The van der Waals surface area contributed by atoms with Crippen molar-refractivity contribution in [1.29, 1.82) is 0 Å². The first-order chi connectivity index (χ1) is 11.5. The Bertz CT molecular complexity index is 571. The number of carbonyl (C=O) groups is 2. The molecule has 132 valence electrons. The number of amides is 1. The second-order valence-corrected chi connectivity index (χ2v) is 6.16. The standard InChI is InChI=1S/C18H23F2NO3/c1-24-18(23)10-9-17(22)21-11-3-4-13(12-21)7-8-14-15(19)5-2-6-16(14)20/h2,5-6,13H,3-4,7-12H2,1H3/t13-/m1/s1. The van der Waals surface area contributed by atoms with Crippen LogP contribution in [0.2, 0.25) is 0 Å². The number of hydrogen-bond acceptors (Lipinski definition) is 3. The third kappa shape index (κ3) is 5.01. The second kappa shape index (κ2) is 8.76. The summed E-state index contributed by atoms with van der Waals surface area (Å²) < 4.78 is 31.9. The zero-order valence-electron chi connectivity index (χ0n) is 13.9. The predicted molar refractivity (Wildman–Crippen MR) is 85.2 cm³/mol. The highest BCUT2D eigenvalue weighted by atomic mass is 19.1. The fraction of sp³-hybridized carbons (Fsp3) is 0.556. The van der Waals surface area contributed by atoms with E-state index in [4.69, 9.17) is 0 Å². The van der Waals surface area contributed by atoms with Crippen LogP contribution in [-0.4, -0.2) is 37.0 Å². The second-order valence-electron chi connectivity index (χ2n) is 6.16. The van der Waals surface area contributed by atoms with Crippen molar-refractivity contribution >= 4 is 11.9 Å². The first-order valence-corrected chi connectivity index (χ1v) is 8.28. The van der Waals surface area contributed by atoms with Gasteiger partial charge >= 0.3 is 5.97 Å². The average molecular weight is 339 g/mol. The van der Waals surface area contributed by atoms with E-state index >= 15 is 0 Å². The highest BCUT2D eigenvalue weighted by Crippen LogP contribution is 2.24. The lowest BCUT2D eigenvalue weighted by Gasteiger charge is -2.33. The molecule has 0 spiro atoms. The van der Waals surface area contributed by atoms with Crippen molar-refractivity contribution in [3.8, 4) is 0 Å². The van der Waals surface area contributed by atoms with E-state index in [9.17, 15) is 18.4 Å². The molecule has 1 heterocycles. The maximum Gasteiger partial charge on any atom is 0.306 e. The minimum atomic E-state index is -0.517. The molecule has 0 aromatic heterocycles. The molecule has 0 saturated carbocycles. The van der Waals surface area contributed by atoms with Gasteiger partial charge in [0.05, 0.1) is 13.5 Å². The van der Waals surface area contributed by atoms with Crippen molar-refractivity contribution in [3.63, 3.8) is 0 Å². The van der Waals surface area contributed by atoms with Crippen LogP contribution in [0.5, 0.6) is 0 Å². The molecule has 1 amide bonds. The van der Waals surface area contributed by atoms with Crippen molar-refractivity contribution < 1.29 is 23.1 Å². The monoisotopic (exact) mass is 339 g/mol. The Hall–Kier alpha value is -1.98. The maximum absolute atomic E-state index is 13.7. The third-order valence-electron chi connectivity index (χ3n) is 4.51. The molecule has 1 aromatic carbocycles. The number of rotatable bonds is 6. The number of methoxy groups -OCH3 is 1. The minimum absolute atomic E-state index is 0.0674. The molecule has 1 atom stereocenters. The Morgan fingerprint density at radius 2 is 1.96 bits per heavy atom. The van der Waals surface area contributed by atoms with E-state index in [-0.39, 0.29) is 30.2 Å². The van der Waals surface area contributed by atoms with E-state index in [0.717, 1.165) is 12.8 Å². The number of nitrogens with zero attached hydrogens (tertiary/aromatic N) is 1. The smallest absolute Gasteiger partial charge is 0.306 e. The molecule has 0 N–H and O–H groups in total. The van der Waals surface area contributed by atoms with E-state index < -0.39 is 17.6 Å². The van der Waals surface area contributed by atoms with E-state index in [0.29, 0.717) is 25.9 Å². The van der Waals surface area contributed by atoms with Gasteiger partial charge in [0.15, 0.2) is 0 Å². The molecule has 4 nitrogen and oxygen atoms in total. The molecule has 0 radical (unpaired) electrons. The summed E-state index contributed by atoms with van der Waals surface area (Å²) in [6.07, 6.45) is 3.00. The molecule has 0 aliphatic carbocycles. The highest BCUT2D eigenvalue weighted by Gasteiger charge is 2.24. The van der Waals surface area contributed by atoms with Gasteiger partial charge in [0.25, 0.3) is 0 Å². The Balaban J connectivity index is 1.84. The fourth-order valence-corrected chi connectivity index (χ4v) is 3.12. The predicted octanol–water partition coefficient (Wildman–Crippen LogP) is 3.09. The molecule has 6 heteroatoms. The lowest BCUT2D eigenvalue weighted by molar-refractivity contribution is -0.144. The summed E-state index contributed by atoms with van der Waals surface area (Å²) in [7, 11) is 1.30. The van der Waals surface area contributed by atoms with Crippen LogP contribution in [0.25, 0.3) is 0 Å². The quantitative estimate of drug-likeness (QED) is 0.748. The van der Waals surface area contributed by atoms with Crippen LogP contribution in [0.4, 0.5) is 8.78 Å². The molecule has 0 bridgehead atoms. The molecular weight excluding hydrogens is 316 g/mol. The summed E-state index contributed by atoms with van der Waals surface area (Å²) in [4.78, 5) is 25.0. The Labute approximate surface area is 140 Å². The van der Waals surface area contributed by atoms with Gasteiger partial charge < -0.3 is 9.64 Å². The number of hydrogen-bond donors (Lipinski definition) is 0. The van der Waals surface area contributed by atoms with Crippen LogP contribution in [0.3, 0.4) is 0 Å². The lowest BCUT2D eigenvalue weighted by atomic mass is 9.91. The van der Waals surface area contributed by atoms with Crippen LogP contribution in [0.1, 0.15) is 37.7 Å². The summed E-state index contributed by atoms with van der Waals surface area (Å²) in [5.74, 6) is -1.28. The largest absolute Gasteiger partial charge is 0.469 e. The van der Waals surface area contributed by atoms with Gasteiger partial charge in [-0.1, -0.05) is 6.07 Å². The minimum Gasteiger partial charge on any atom is -0.469 e. The van der Waals surface area contributed by atoms with Crippen molar-refractivity contribution in [2.24, 2.45) is 5.92 Å². The third-order valence-corrected chi connectivity index (χ3v) is 4.51. The first-order valence-electron chi connectivity index (χ1n) is 8.28. The van der Waals surface area contributed by atoms with Gasteiger partial charge in [0.1, 0.15) is 11.6 Å². The molecule has 24 heavy (non-hydrogen) atoms. The molecule has 1 saturated heterocycles. The normalized spacial score (nSPS) is 17.6. The van der Waals surface area contributed by atoms with Crippen molar-refractivity contribution in [2.75, 3.05) is 20.2 Å². The van der Waals surface area contributed by atoms with Crippen molar-refractivity contribution in [2.45, 2.75) is 38.5 Å². The van der Waals surface area contributed by atoms with E-state index in [1.807, 2.05) is 0 Å². The van der Waals surface area contributed by atoms with Gasteiger partial charge in [-0.2, -0.15) is 0 Å². The molecule has 0 unspecified atom stereocenters. The van der Waals surface area contributed by atoms with Crippen LogP contribution in [0, 0.1) is 17.6 Å². The molecule has 1 aliphatic rings. The first kappa shape index (κ1) is 18.4. The summed E-state index contributed by atoms with van der Waals surface area (Å²) >= 11 is 0. The lowest BCUT2D eigenvalue weighted by Crippen LogP contribution is -2.40. The molecule has 1 aliphatic heterocycles. The van der Waals surface area contributed by atoms with Gasteiger partial charge in [0.2, 0.25) is 5.91 Å². The number of carbonyl (C=O) groups excluding carboxylic acids is 2. The molecule has 1 aromatic rings. The Kier molecular flexibility index (Phi) is 6.70. The zero-order chi connectivity index (χ0) is 17.5. The topological polar surface area (TPSA) is 46.6 Å². The van der Waals surface area contributed by atoms with Crippen molar-refractivity contribution in [3.05, 3.63) is 35.4 Å². The van der Waals surface area contributed by atoms with Crippen LogP contribution in [-0.2, 0) is 20.7 Å². The van der Waals surface area contributed by atoms with Crippen LogP contribution >= 0.6 is 0 Å². The highest BCUT2D eigenvalue weighted by molar-refractivity contribution is 5.81. The number of esters is 1. The number of benzene rings is 1. The number of ether oxygens (including phenoxy) is 1. The van der Waals surface area contributed by atoms with E-state index in [1.54, 1.807) is 4.90 Å². The average Bonchev–Trinajstić information content (AvgIpc) is 2.59. The van der Waals surface area contributed by atoms with Gasteiger partial charge in [-0.05, 0) is 43.7 Å². The Morgan fingerprint density at radius 3 is 2.62 bits per heavy atom. The number of likely N-dealkylation sites (tertiary alicyclic amines) is 1. The number of piperidine rings is 1. The summed E-state index contributed by atoms with van der Waals surface area (Å²) in [6, 6.07) is 3.89.